The second kappa shape index (κ2) is 5.81. The van der Waals surface area contributed by atoms with Crippen LogP contribution in [0.25, 0.3) is 0 Å². The molecular weight excluding hydrogens is 360 g/mol. The molecule has 3 aliphatic carbocycles. The van der Waals surface area contributed by atoms with E-state index >= 15 is 0 Å². The van der Waals surface area contributed by atoms with Gasteiger partial charge in [0.25, 0.3) is 0 Å². The van der Waals surface area contributed by atoms with Crippen molar-refractivity contribution in [3.8, 4) is 0 Å². The summed E-state index contributed by atoms with van der Waals surface area (Å²) in [5.74, 6) is -2.24. The fourth-order valence-electron chi connectivity index (χ4n) is 6.39. The van der Waals surface area contributed by atoms with Gasteiger partial charge in [0.1, 0.15) is 5.60 Å². The fourth-order valence-corrected chi connectivity index (χ4v) is 6.39. The normalized spacial score (nSPS) is 49.1. The lowest BCUT2D eigenvalue weighted by Gasteiger charge is -2.57. The van der Waals surface area contributed by atoms with Crippen LogP contribution in [0, 0.1) is 23.7 Å². The molecular formula is C21H30N2O5. The Balaban J connectivity index is 1.96. The minimum Gasteiger partial charge on any atom is -0.392 e. The van der Waals surface area contributed by atoms with Crippen molar-refractivity contribution >= 4 is 5.78 Å². The number of hydrogen-bond acceptors (Lipinski definition) is 7. The molecule has 0 saturated heterocycles. The highest BCUT2D eigenvalue weighted by Crippen LogP contribution is 2.63. The Morgan fingerprint density at radius 1 is 1.25 bits per heavy atom. The number of carbonyl (C=O) groups excluding carboxylic acids is 1. The SMILES string of the molecule is CO[C@@]12C[C@@H](C)[C@@]3(O)C(C=C(CO)C[C@]4(O)C(=O)C(C)=C[C@@H]34)[C@@H]1C(C)(C)N=N2. The van der Waals surface area contributed by atoms with Gasteiger partial charge in [0.15, 0.2) is 11.5 Å². The number of carbonyl (C=O) groups is 1. The van der Waals surface area contributed by atoms with Crippen LogP contribution in [0.15, 0.2) is 33.5 Å². The molecule has 4 aliphatic rings. The summed E-state index contributed by atoms with van der Waals surface area (Å²) in [7, 11) is 1.61. The molecule has 1 saturated carbocycles. The molecule has 7 atom stereocenters. The van der Waals surface area contributed by atoms with E-state index in [4.69, 9.17) is 4.74 Å². The van der Waals surface area contributed by atoms with E-state index < -0.39 is 34.3 Å². The monoisotopic (exact) mass is 390 g/mol. The number of rotatable bonds is 2. The van der Waals surface area contributed by atoms with E-state index in [0.29, 0.717) is 17.6 Å². The maximum Gasteiger partial charge on any atom is 0.190 e. The Morgan fingerprint density at radius 2 is 1.93 bits per heavy atom. The van der Waals surface area contributed by atoms with Gasteiger partial charge in [0.2, 0.25) is 0 Å². The molecule has 0 spiro atoms. The van der Waals surface area contributed by atoms with Gasteiger partial charge in [-0.05, 0) is 37.8 Å². The third kappa shape index (κ3) is 2.22. The summed E-state index contributed by atoms with van der Waals surface area (Å²) in [5.41, 5.74) is -3.61. The van der Waals surface area contributed by atoms with Gasteiger partial charge in [0.05, 0.1) is 17.7 Å². The van der Waals surface area contributed by atoms with E-state index in [-0.39, 0.29) is 30.6 Å². The number of ketones is 1. The minimum atomic E-state index is -1.75. The molecule has 1 fully saturated rings. The molecule has 1 aliphatic heterocycles. The Kier molecular flexibility index (Phi) is 4.13. The van der Waals surface area contributed by atoms with Crippen LogP contribution in [-0.4, -0.2) is 57.3 Å². The smallest absolute Gasteiger partial charge is 0.190 e. The molecule has 0 aromatic carbocycles. The Hall–Kier alpha value is -1.41. The first-order chi connectivity index (χ1) is 13.0. The number of nitrogens with zero attached hydrogens (tertiary/aromatic N) is 2. The molecule has 154 valence electrons. The van der Waals surface area contributed by atoms with Gasteiger partial charge >= 0.3 is 0 Å². The van der Waals surface area contributed by atoms with Gasteiger partial charge in [-0.3, -0.25) is 4.79 Å². The molecule has 4 rings (SSSR count). The fraction of sp³-hybridized carbons (Fsp3) is 0.762. The van der Waals surface area contributed by atoms with Crippen molar-refractivity contribution in [1.29, 1.82) is 0 Å². The number of aliphatic hydroxyl groups excluding tert-OH is 1. The zero-order chi connectivity index (χ0) is 20.7. The van der Waals surface area contributed by atoms with Crippen molar-refractivity contribution in [2.75, 3.05) is 13.7 Å². The Labute approximate surface area is 165 Å². The van der Waals surface area contributed by atoms with Crippen molar-refractivity contribution in [2.45, 2.75) is 63.0 Å². The highest BCUT2D eigenvalue weighted by Gasteiger charge is 2.71. The highest BCUT2D eigenvalue weighted by atomic mass is 16.5. The number of ether oxygens (including phenoxy) is 1. The van der Waals surface area contributed by atoms with E-state index in [1.54, 1.807) is 20.1 Å². The lowest BCUT2D eigenvalue weighted by atomic mass is 9.52. The van der Waals surface area contributed by atoms with Crippen LogP contribution in [0.3, 0.4) is 0 Å². The first kappa shape index (κ1) is 19.9. The summed E-state index contributed by atoms with van der Waals surface area (Å²) < 4.78 is 5.88. The molecule has 3 N–H and O–H groups in total. The maximum atomic E-state index is 12.9. The van der Waals surface area contributed by atoms with Crippen molar-refractivity contribution in [3.63, 3.8) is 0 Å². The molecule has 1 unspecified atom stereocenters. The zero-order valence-electron chi connectivity index (χ0n) is 17.1. The Morgan fingerprint density at radius 3 is 2.54 bits per heavy atom. The average molecular weight is 390 g/mol. The third-order valence-corrected chi connectivity index (χ3v) is 7.65. The minimum absolute atomic E-state index is 0.00772. The number of hydrogen-bond donors (Lipinski definition) is 3. The summed E-state index contributed by atoms with van der Waals surface area (Å²) in [6, 6.07) is 0. The largest absolute Gasteiger partial charge is 0.392 e. The molecule has 0 radical (unpaired) electrons. The van der Waals surface area contributed by atoms with Crippen LogP contribution in [0.4, 0.5) is 0 Å². The summed E-state index contributed by atoms with van der Waals surface area (Å²) in [6.45, 7) is 7.22. The van der Waals surface area contributed by atoms with Crippen LogP contribution >= 0.6 is 0 Å². The predicted molar refractivity (Wildman–Crippen MR) is 101 cm³/mol. The molecule has 1 heterocycles. The summed E-state index contributed by atoms with van der Waals surface area (Å²) in [5, 5.41) is 42.6. The van der Waals surface area contributed by atoms with Crippen molar-refractivity contribution in [3.05, 3.63) is 23.3 Å². The van der Waals surface area contributed by atoms with Gasteiger partial charge in [-0.2, -0.15) is 10.2 Å². The average Bonchev–Trinajstić information content (AvgIpc) is 2.99. The first-order valence-corrected chi connectivity index (χ1v) is 9.94. The quantitative estimate of drug-likeness (QED) is 0.622. The predicted octanol–water partition coefficient (Wildman–Crippen LogP) is 1.78. The Bertz CT molecular complexity index is 818. The lowest BCUT2D eigenvalue weighted by molar-refractivity contribution is -0.220. The van der Waals surface area contributed by atoms with Gasteiger partial charge in [-0.15, -0.1) is 0 Å². The second-order valence-corrected chi connectivity index (χ2v) is 9.64. The molecule has 7 heteroatoms. The van der Waals surface area contributed by atoms with Gasteiger partial charge < -0.3 is 20.1 Å². The van der Waals surface area contributed by atoms with Gasteiger partial charge in [0, 0.05) is 37.7 Å². The number of Topliss-reactive ketones (excluding diaryl/α,β-unsaturated/α-hetero) is 1. The maximum absolute atomic E-state index is 12.9. The second-order valence-electron chi connectivity index (χ2n) is 9.64. The molecule has 0 aromatic heterocycles. The van der Waals surface area contributed by atoms with E-state index in [2.05, 4.69) is 10.2 Å². The van der Waals surface area contributed by atoms with E-state index in [0.717, 1.165) is 0 Å². The van der Waals surface area contributed by atoms with E-state index in [1.807, 2.05) is 26.8 Å². The van der Waals surface area contributed by atoms with Crippen LogP contribution in [0.2, 0.25) is 0 Å². The van der Waals surface area contributed by atoms with Crippen molar-refractivity contribution < 1.29 is 24.9 Å². The molecule has 0 bridgehead atoms. The number of methoxy groups -OCH3 is 1. The summed E-state index contributed by atoms with van der Waals surface area (Å²) >= 11 is 0. The summed E-state index contributed by atoms with van der Waals surface area (Å²) in [4.78, 5) is 12.9. The standard InChI is InChI=1S/C21H30N2O5/c1-11-6-15-19(26,17(11)25)9-13(10-24)7-14-16-18(3,4)22-23-20(16,28-5)8-12(2)21(14,15)27/h6-7,12,14-16,24,26-27H,8-10H2,1-5H3/t12-,14?,15-,16-,19-,20+,21-/m1/s1. The molecule has 28 heavy (non-hydrogen) atoms. The molecule has 0 amide bonds. The van der Waals surface area contributed by atoms with E-state index in [9.17, 15) is 20.1 Å². The van der Waals surface area contributed by atoms with Crippen molar-refractivity contribution in [2.24, 2.45) is 33.9 Å². The van der Waals surface area contributed by atoms with Crippen LogP contribution in [0.5, 0.6) is 0 Å². The highest BCUT2D eigenvalue weighted by molar-refractivity contribution is 6.04. The number of azo groups is 1. The van der Waals surface area contributed by atoms with Crippen molar-refractivity contribution in [1.82, 2.24) is 0 Å². The molecule has 7 nitrogen and oxygen atoms in total. The number of aliphatic hydroxyl groups is 3. The first-order valence-electron chi connectivity index (χ1n) is 9.94. The van der Waals surface area contributed by atoms with Crippen LogP contribution < -0.4 is 0 Å². The topological polar surface area (TPSA) is 112 Å². The van der Waals surface area contributed by atoms with Gasteiger partial charge in [-0.25, -0.2) is 0 Å². The van der Waals surface area contributed by atoms with Crippen LogP contribution in [0.1, 0.15) is 40.5 Å². The zero-order valence-corrected chi connectivity index (χ0v) is 17.1. The summed E-state index contributed by atoms with van der Waals surface area (Å²) in [6.07, 6.45) is 4.01. The lowest BCUT2D eigenvalue weighted by Crippen LogP contribution is -2.67. The van der Waals surface area contributed by atoms with Crippen LogP contribution in [-0.2, 0) is 9.53 Å². The molecule has 0 aromatic rings. The third-order valence-electron chi connectivity index (χ3n) is 7.65. The number of fused-ring (bicyclic) bond motifs is 5. The van der Waals surface area contributed by atoms with Gasteiger partial charge in [-0.1, -0.05) is 19.1 Å². The van der Waals surface area contributed by atoms with E-state index in [1.165, 1.54) is 0 Å².